The van der Waals surface area contributed by atoms with Gasteiger partial charge in [0.2, 0.25) is 0 Å². The highest BCUT2D eigenvalue weighted by atomic mass is 35.5. The number of carbonyl (C=O) groups excluding carboxylic acids is 2. The number of Topliss-reactive ketones (excluding diaryl/α,β-unsaturated/α-hetero) is 1. The number of hydrogen-bond donors (Lipinski definition) is 1. The molecule has 0 bridgehead atoms. The van der Waals surface area contributed by atoms with E-state index >= 15 is 0 Å². The van der Waals surface area contributed by atoms with Gasteiger partial charge in [-0.25, -0.2) is 4.98 Å². The molecular weight excluding hydrogens is 488 g/mol. The Bertz CT molecular complexity index is 1480. The zero-order valence-corrected chi connectivity index (χ0v) is 20.3. The molecule has 1 fully saturated rings. The van der Waals surface area contributed by atoms with E-state index < -0.39 is 17.7 Å². The maximum atomic E-state index is 13.3. The molecule has 0 aliphatic carbocycles. The van der Waals surface area contributed by atoms with Gasteiger partial charge < -0.3 is 14.6 Å². The molecule has 7 nitrogen and oxygen atoms in total. The molecule has 4 aromatic rings. The van der Waals surface area contributed by atoms with Crippen molar-refractivity contribution < 1.29 is 24.2 Å². The largest absolute Gasteiger partial charge is 0.507 e. The number of fused-ring (bicyclic) bond motifs is 1. The third-order valence-electron chi connectivity index (χ3n) is 5.78. The van der Waals surface area contributed by atoms with Crippen molar-refractivity contribution in [3.8, 4) is 11.5 Å². The van der Waals surface area contributed by atoms with Crippen LogP contribution in [-0.2, 0) is 9.59 Å². The fourth-order valence-electron chi connectivity index (χ4n) is 4.02. The SMILES string of the molecule is COc1ccc(C2/C(=C(\O)c3ccc(Cl)cc3)C(=O)C(=O)N2c2nc3ccc(OC)cc3s2)cc1. The summed E-state index contributed by atoms with van der Waals surface area (Å²) in [6.07, 6.45) is 0. The van der Waals surface area contributed by atoms with E-state index in [1.54, 1.807) is 74.9 Å². The molecular formula is C26H19ClN2O5S. The number of carbonyl (C=O) groups is 2. The third-order valence-corrected chi connectivity index (χ3v) is 7.05. The van der Waals surface area contributed by atoms with Crippen LogP contribution in [0.3, 0.4) is 0 Å². The molecule has 1 N–H and O–H groups in total. The van der Waals surface area contributed by atoms with Gasteiger partial charge in [-0.3, -0.25) is 14.5 Å². The first-order valence-electron chi connectivity index (χ1n) is 10.6. The highest BCUT2D eigenvalue weighted by molar-refractivity contribution is 7.22. The highest BCUT2D eigenvalue weighted by Crippen LogP contribution is 2.44. The van der Waals surface area contributed by atoms with Gasteiger partial charge in [-0.15, -0.1) is 0 Å². The van der Waals surface area contributed by atoms with Crippen LogP contribution in [0.2, 0.25) is 5.02 Å². The number of anilines is 1. The molecule has 1 amide bonds. The van der Waals surface area contributed by atoms with Gasteiger partial charge in [0.15, 0.2) is 5.13 Å². The lowest BCUT2D eigenvalue weighted by Crippen LogP contribution is -2.29. The second-order valence-corrected chi connectivity index (χ2v) is 9.22. The first kappa shape index (κ1) is 22.9. The normalized spacial score (nSPS) is 17.2. The molecule has 1 saturated heterocycles. The van der Waals surface area contributed by atoms with Crippen LogP contribution in [0.5, 0.6) is 11.5 Å². The van der Waals surface area contributed by atoms with E-state index in [9.17, 15) is 14.7 Å². The minimum Gasteiger partial charge on any atom is -0.507 e. The predicted octanol–water partition coefficient (Wildman–Crippen LogP) is 5.59. The molecule has 35 heavy (non-hydrogen) atoms. The summed E-state index contributed by atoms with van der Waals surface area (Å²) in [7, 11) is 3.12. The van der Waals surface area contributed by atoms with E-state index in [0.717, 1.165) is 4.70 Å². The fraction of sp³-hybridized carbons (Fsp3) is 0.115. The van der Waals surface area contributed by atoms with Crippen LogP contribution in [-0.4, -0.2) is 36.0 Å². The van der Waals surface area contributed by atoms with Gasteiger partial charge in [-0.2, -0.15) is 0 Å². The van der Waals surface area contributed by atoms with Crippen molar-refractivity contribution in [2.75, 3.05) is 19.1 Å². The minimum absolute atomic E-state index is 0.0284. The Morgan fingerprint density at radius 3 is 2.29 bits per heavy atom. The second kappa shape index (κ2) is 9.05. The van der Waals surface area contributed by atoms with Crippen molar-refractivity contribution >= 4 is 55.7 Å². The van der Waals surface area contributed by atoms with E-state index in [1.807, 2.05) is 6.07 Å². The Morgan fingerprint density at radius 2 is 1.63 bits per heavy atom. The van der Waals surface area contributed by atoms with E-state index in [0.29, 0.717) is 38.3 Å². The number of ketones is 1. The maximum absolute atomic E-state index is 13.3. The number of aliphatic hydroxyl groups excluding tert-OH is 1. The van der Waals surface area contributed by atoms with Crippen LogP contribution in [0.15, 0.2) is 72.3 Å². The van der Waals surface area contributed by atoms with Crippen LogP contribution < -0.4 is 14.4 Å². The molecule has 0 saturated carbocycles. The number of methoxy groups -OCH3 is 2. The lowest BCUT2D eigenvalue weighted by atomic mass is 9.95. The molecule has 1 atom stereocenters. The number of rotatable bonds is 5. The monoisotopic (exact) mass is 506 g/mol. The van der Waals surface area contributed by atoms with Crippen LogP contribution in [0.25, 0.3) is 16.0 Å². The molecule has 176 valence electrons. The number of thiazole rings is 1. The van der Waals surface area contributed by atoms with Gasteiger partial charge in [0.05, 0.1) is 36.1 Å². The van der Waals surface area contributed by atoms with Crippen molar-refractivity contribution in [3.63, 3.8) is 0 Å². The minimum atomic E-state index is -0.890. The Kier molecular flexibility index (Phi) is 5.92. The number of hydrogen-bond acceptors (Lipinski definition) is 7. The molecule has 1 aromatic heterocycles. The smallest absolute Gasteiger partial charge is 0.301 e. The summed E-state index contributed by atoms with van der Waals surface area (Å²) < 4.78 is 11.4. The molecule has 1 aliphatic rings. The van der Waals surface area contributed by atoms with Gasteiger partial charge in [-0.05, 0) is 60.2 Å². The van der Waals surface area contributed by atoms with E-state index in [-0.39, 0.29) is 11.3 Å². The van der Waals surface area contributed by atoms with Crippen LogP contribution in [0.1, 0.15) is 17.2 Å². The first-order chi connectivity index (χ1) is 16.9. The molecule has 0 radical (unpaired) electrons. The summed E-state index contributed by atoms with van der Waals surface area (Å²) in [4.78, 5) is 32.6. The molecule has 2 heterocycles. The molecule has 3 aromatic carbocycles. The number of aromatic nitrogens is 1. The van der Waals surface area contributed by atoms with Crippen molar-refractivity contribution in [2.45, 2.75) is 6.04 Å². The van der Waals surface area contributed by atoms with Gasteiger partial charge in [0.25, 0.3) is 5.78 Å². The topological polar surface area (TPSA) is 89.0 Å². The second-order valence-electron chi connectivity index (χ2n) is 7.78. The summed E-state index contributed by atoms with van der Waals surface area (Å²) in [5.74, 6) is -0.576. The average molecular weight is 507 g/mol. The summed E-state index contributed by atoms with van der Waals surface area (Å²) >= 11 is 7.25. The fourth-order valence-corrected chi connectivity index (χ4v) is 5.16. The number of benzene rings is 3. The molecule has 5 rings (SSSR count). The van der Waals surface area contributed by atoms with Crippen LogP contribution in [0, 0.1) is 0 Å². The third kappa shape index (κ3) is 4.00. The predicted molar refractivity (Wildman–Crippen MR) is 135 cm³/mol. The standard InChI is InChI=1S/C26H19ClN2O5S/c1-33-17-9-5-14(6-10-17)22-21(23(30)15-3-7-16(27)8-4-15)24(31)25(32)29(22)26-28-19-12-11-18(34-2)13-20(19)35-26/h3-13,22,30H,1-2H3/b23-21+. The zero-order valence-electron chi connectivity index (χ0n) is 18.7. The number of ether oxygens (including phenoxy) is 2. The van der Waals surface area contributed by atoms with Crippen LogP contribution in [0.4, 0.5) is 5.13 Å². The van der Waals surface area contributed by atoms with Crippen molar-refractivity contribution in [1.29, 1.82) is 0 Å². The molecule has 9 heteroatoms. The number of amides is 1. The number of aliphatic hydroxyl groups is 1. The summed E-state index contributed by atoms with van der Waals surface area (Å²) in [5.41, 5.74) is 1.63. The summed E-state index contributed by atoms with van der Waals surface area (Å²) in [6, 6.07) is 17.9. The van der Waals surface area contributed by atoms with Gasteiger partial charge in [0.1, 0.15) is 17.3 Å². The van der Waals surface area contributed by atoms with Crippen molar-refractivity contribution in [2.24, 2.45) is 0 Å². The molecule has 1 unspecified atom stereocenters. The van der Waals surface area contributed by atoms with Crippen LogP contribution >= 0.6 is 22.9 Å². The van der Waals surface area contributed by atoms with Gasteiger partial charge in [-0.1, -0.05) is 35.1 Å². The Morgan fingerprint density at radius 1 is 0.971 bits per heavy atom. The molecule has 1 aliphatic heterocycles. The van der Waals surface area contributed by atoms with E-state index in [2.05, 4.69) is 4.98 Å². The quantitative estimate of drug-likeness (QED) is 0.215. The lowest BCUT2D eigenvalue weighted by molar-refractivity contribution is -0.132. The Hall–Kier alpha value is -3.88. The Balaban J connectivity index is 1.70. The van der Waals surface area contributed by atoms with Gasteiger partial charge in [0, 0.05) is 10.6 Å². The number of nitrogens with zero attached hydrogens (tertiary/aromatic N) is 2. The Labute approximate surface area is 209 Å². The zero-order chi connectivity index (χ0) is 24.7. The first-order valence-corrected chi connectivity index (χ1v) is 11.8. The van der Waals surface area contributed by atoms with Crippen molar-refractivity contribution in [1.82, 2.24) is 4.98 Å². The maximum Gasteiger partial charge on any atom is 0.301 e. The van der Waals surface area contributed by atoms with Crippen molar-refractivity contribution in [3.05, 3.63) is 88.5 Å². The average Bonchev–Trinajstić information content (AvgIpc) is 3.41. The van der Waals surface area contributed by atoms with Gasteiger partial charge >= 0.3 is 5.91 Å². The summed E-state index contributed by atoms with van der Waals surface area (Å²) in [6.45, 7) is 0. The highest BCUT2D eigenvalue weighted by Gasteiger charge is 2.48. The summed E-state index contributed by atoms with van der Waals surface area (Å²) in [5, 5.41) is 12.0. The lowest BCUT2D eigenvalue weighted by Gasteiger charge is -2.23. The number of halogens is 1. The van der Waals surface area contributed by atoms with E-state index in [1.165, 1.54) is 16.2 Å². The van der Waals surface area contributed by atoms with E-state index in [4.69, 9.17) is 21.1 Å². The molecule has 0 spiro atoms.